The molecule has 1 amide bonds. The summed E-state index contributed by atoms with van der Waals surface area (Å²) < 4.78 is 16.5. The molecule has 30 heavy (non-hydrogen) atoms. The average molecular weight is 412 g/mol. The van der Waals surface area contributed by atoms with E-state index in [1.807, 2.05) is 19.2 Å². The first-order valence-corrected chi connectivity index (χ1v) is 9.90. The minimum Gasteiger partial charge on any atom is -0.365 e. The topological polar surface area (TPSA) is 140 Å². The molecule has 4 rings (SSSR count). The Balaban J connectivity index is 1.66. The van der Waals surface area contributed by atoms with Crippen LogP contribution in [0.2, 0.25) is 0 Å². The van der Waals surface area contributed by atoms with Crippen molar-refractivity contribution < 1.29 is 9.18 Å². The minimum absolute atomic E-state index is 0.0393. The molecule has 1 fully saturated rings. The SMILES string of the molecule is Cc1ncc(Nc2nc(N[C@@H]3CCCC[C@@H]3N)c(F)cc2C(N)=O)cc1-n1cc[nH]1. The second-order valence-corrected chi connectivity index (χ2v) is 7.55. The van der Waals surface area contributed by atoms with Gasteiger partial charge in [-0.25, -0.2) is 9.37 Å². The van der Waals surface area contributed by atoms with Gasteiger partial charge >= 0.3 is 0 Å². The van der Waals surface area contributed by atoms with E-state index in [0.29, 0.717) is 5.69 Å². The summed E-state index contributed by atoms with van der Waals surface area (Å²) in [6.45, 7) is 1.88. The molecule has 3 heterocycles. The number of nitrogens with zero attached hydrogens (tertiary/aromatic N) is 3. The lowest BCUT2D eigenvalue weighted by molar-refractivity contribution is 0.100. The number of nitrogens with two attached hydrogens (primary N) is 2. The lowest BCUT2D eigenvalue weighted by Gasteiger charge is -2.30. The van der Waals surface area contributed by atoms with Crippen molar-refractivity contribution >= 4 is 23.2 Å². The number of carbonyl (C=O) groups is 1. The number of rotatable bonds is 6. The highest BCUT2D eigenvalue weighted by molar-refractivity contribution is 5.98. The number of halogens is 1. The summed E-state index contributed by atoms with van der Waals surface area (Å²) in [5.41, 5.74) is 13.8. The van der Waals surface area contributed by atoms with Crippen LogP contribution >= 0.6 is 0 Å². The van der Waals surface area contributed by atoms with Gasteiger partial charge in [0.05, 0.1) is 28.8 Å². The quantitative estimate of drug-likeness (QED) is 0.422. The van der Waals surface area contributed by atoms with Gasteiger partial charge in [-0.15, -0.1) is 0 Å². The number of amides is 1. The molecule has 0 unspecified atom stereocenters. The van der Waals surface area contributed by atoms with Gasteiger partial charge in [0.25, 0.3) is 5.91 Å². The predicted molar refractivity (Wildman–Crippen MR) is 113 cm³/mol. The van der Waals surface area contributed by atoms with Gasteiger partial charge < -0.3 is 22.1 Å². The van der Waals surface area contributed by atoms with E-state index in [9.17, 15) is 9.18 Å². The van der Waals surface area contributed by atoms with Crippen molar-refractivity contribution in [1.29, 1.82) is 0 Å². The van der Waals surface area contributed by atoms with Crippen LogP contribution in [0, 0.1) is 12.7 Å². The van der Waals surface area contributed by atoms with E-state index in [1.54, 1.807) is 17.1 Å². The molecule has 1 saturated carbocycles. The molecular formula is C20H25FN8O. The predicted octanol–water partition coefficient (Wildman–Crippen LogP) is 2.57. The van der Waals surface area contributed by atoms with E-state index in [2.05, 4.69) is 25.7 Å². The van der Waals surface area contributed by atoms with Gasteiger partial charge in [0.2, 0.25) is 0 Å². The smallest absolute Gasteiger partial charge is 0.252 e. The van der Waals surface area contributed by atoms with Crippen molar-refractivity contribution in [2.75, 3.05) is 10.6 Å². The zero-order valence-corrected chi connectivity index (χ0v) is 16.7. The zero-order chi connectivity index (χ0) is 21.3. The fraction of sp³-hybridized carbons (Fsp3) is 0.350. The maximum Gasteiger partial charge on any atom is 0.252 e. The molecular weight excluding hydrogens is 387 g/mol. The maximum atomic E-state index is 14.7. The van der Waals surface area contributed by atoms with Crippen LogP contribution in [0.3, 0.4) is 0 Å². The molecule has 2 atom stereocenters. The average Bonchev–Trinajstić information content (AvgIpc) is 2.67. The Bertz CT molecular complexity index is 1050. The molecule has 1 aliphatic rings. The Labute approximate surface area is 173 Å². The molecule has 0 aromatic carbocycles. The highest BCUT2D eigenvalue weighted by atomic mass is 19.1. The first-order valence-electron chi connectivity index (χ1n) is 9.90. The summed E-state index contributed by atoms with van der Waals surface area (Å²) in [5, 5.41) is 9.17. The summed E-state index contributed by atoms with van der Waals surface area (Å²) in [4.78, 5) is 20.6. The third kappa shape index (κ3) is 3.99. The van der Waals surface area contributed by atoms with Crippen molar-refractivity contribution in [1.82, 2.24) is 19.7 Å². The highest BCUT2D eigenvalue weighted by Crippen LogP contribution is 2.27. The van der Waals surface area contributed by atoms with Crippen molar-refractivity contribution in [3.05, 3.63) is 47.8 Å². The van der Waals surface area contributed by atoms with Crippen LogP contribution in [0.15, 0.2) is 30.7 Å². The normalized spacial score (nSPS) is 18.9. The van der Waals surface area contributed by atoms with E-state index in [4.69, 9.17) is 11.5 Å². The van der Waals surface area contributed by atoms with Crippen LogP contribution in [0.1, 0.15) is 41.7 Å². The van der Waals surface area contributed by atoms with Crippen molar-refractivity contribution in [2.45, 2.75) is 44.7 Å². The Morgan fingerprint density at radius 1 is 1.30 bits per heavy atom. The zero-order valence-electron chi connectivity index (χ0n) is 16.7. The second kappa shape index (κ2) is 8.15. The van der Waals surface area contributed by atoms with Crippen LogP contribution in [-0.4, -0.2) is 37.7 Å². The van der Waals surface area contributed by atoms with Crippen molar-refractivity contribution in [3.8, 4) is 5.69 Å². The molecule has 0 aliphatic heterocycles. The standard InChI is InChI=1S/C20H25FN8O/c1-11-17(29-7-6-25-29)8-12(10-24-11)26-19-13(18(23)30)9-14(21)20(28-19)27-16-5-3-2-4-15(16)22/h6-10,15-16,25H,2-5,22H2,1H3,(H2,23,30)(H2,26,27,28)/t15-,16+/m0/s1. The van der Waals surface area contributed by atoms with Crippen molar-refractivity contribution in [3.63, 3.8) is 0 Å². The molecule has 0 bridgehead atoms. The molecule has 1 aliphatic carbocycles. The minimum atomic E-state index is -0.780. The number of hydrogen-bond acceptors (Lipinski definition) is 6. The number of carbonyl (C=O) groups excluding carboxylic acids is 1. The first-order chi connectivity index (χ1) is 14.4. The number of nitrogens with one attached hydrogen (secondary N) is 3. The molecule has 0 saturated heterocycles. The van der Waals surface area contributed by atoms with E-state index in [-0.39, 0.29) is 29.3 Å². The summed E-state index contributed by atoms with van der Waals surface area (Å²) in [7, 11) is 0. The number of anilines is 3. The third-order valence-corrected chi connectivity index (χ3v) is 5.40. The van der Waals surface area contributed by atoms with Gasteiger partial charge in [0.1, 0.15) is 5.82 Å². The number of aromatic amines is 1. The Morgan fingerprint density at radius 3 is 2.73 bits per heavy atom. The summed E-state index contributed by atoms with van der Waals surface area (Å²) in [6, 6.07) is 2.79. The van der Waals surface area contributed by atoms with Gasteiger partial charge in [-0.2, -0.15) is 0 Å². The summed E-state index contributed by atoms with van der Waals surface area (Å²) >= 11 is 0. The highest BCUT2D eigenvalue weighted by Gasteiger charge is 2.24. The van der Waals surface area contributed by atoms with E-state index >= 15 is 0 Å². The van der Waals surface area contributed by atoms with Crippen molar-refractivity contribution in [2.24, 2.45) is 11.5 Å². The number of aryl methyl sites for hydroxylation is 1. The molecule has 158 valence electrons. The number of primary amides is 1. The lowest BCUT2D eigenvalue weighted by atomic mass is 9.91. The number of aromatic nitrogens is 4. The van der Waals surface area contributed by atoms with Crippen LogP contribution in [-0.2, 0) is 0 Å². The molecule has 3 aromatic heterocycles. The molecule has 3 aromatic rings. The van der Waals surface area contributed by atoms with Crippen LogP contribution in [0.4, 0.5) is 21.7 Å². The monoisotopic (exact) mass is 412 g/mol. The van der Waals surface area contributed by atoms with Gasteiger partial charge in [0, 0.05) is 24.5 Å². The van der Waals surface area contributed by atoms with Gasteiger partial charge in [-0.3, -0.25) is 19.6 Å². The second-order valence-electron chi connectivity index (χ2n) is 7.55. The molecule has 7 N–H and O–H groups in total. The molecule has 9 nitrogen and oxygen atoms in total. The van der Waals surface area contributed by atoms with Gasteiger partial charge in [-0.05, 0) is 31.9 Å². The van der Waals surface area contributed by atoms with Crippen LogP contribution < -0.4 is 22.1 Å². The van der Waals surface area contributed by atoms with E-state index in [0.717, 1.165) is 43.1 Å². The Kier molecular flexibility index (Phi) is 5.40. The number of H-pyrrole nitrogens is 1. The molecule has 10 heteroatoms. The van der Waals surface area contributed by atoms with Crippen LogP contribution in [0.5, 0.6) is 0 Å². The van der Waals surface area contributed by atoms with Gasteiger partial charge in [-0.1, -0.05) is 12.8 Å². The van der Waals surface area contributed by atoms with Crippen LogP contribution in [0.25, 0.3) is 5.69 Å². The van der Waals surface area contributed by atoms with E-state index < -0.39 is 11.7 Å². The number of pyridine rings is 2. The maximum absolute atomic E-state index is 14.7. The lowest BCUT2D eigenvalue weighted by Crippen LogP contribution is -2.43. The first kappa shape index (κ1) is 19.9. The fourth-order valence-corrected chi connectivity index (χ4v) is 3.66. The Hall–Kier alpha value is -3.40. The van der Waals surface area contributed by atoms with E-state index in [1.165, 1.54) is 0 Å². The molecule has 0 radical (unpaired) electrons. The van der Waals surface area contributed by atoms with Gasteiger partial charge in [0.15, 0.2) is 11.6 Å². The summed E-state index contributed by atoms with van der Waals surface area (Å²) in [6.07, 6.45) is 9.06. The third-order valence-electron chi connectivity index (χ3n) is 5.40. The largest absolute Gasteiger partial charge is 0.365 e. The molecule has 0 spiro atoms. The summed E-state index contributed by atoms with van der Waals surface area (Å²) in [5.74, 6) is -1.24. The fourth-order valence-electron chi connectivity index (χ4n) is 3.66. The Morgan fingerprint density at radius 2 is 2.07 bits per heavy atom. The number of hydrogen-bond donors (Lipinski definition) is 5.